The van der Waals surface area contributed by atoms with Crippen molar-refractivity contribution >= 4 is 55.7 Å². The summed E-state index contributed by atoms with van der Waals surface area (Å²) in [6, 6.07) is 101. The molecule has 0 saturated carbocycles. The predicted octanol–water partition coefficient (Wildman–Crippen LogP) is 28.4. The van der Waals surface area contributed by atoms with Crippen LogP contribution in [0.2, 0.25) is 0 Å². The molecule has 0 N–H and O–H groups in total. The SMILES string of the molecule is CCCCCCCCc1cc(-c2ccc(N(c3ccc(-c4ccccc4)cc3)c3ccc(C(C)(C)CC)cc3)cc2)c2ccccc2c1-c1c(CCCCCCCC)cc(-c2ccc(N(c3ccc(-c4ccccc4)cc3)c3ccc(C(C)(C)CC)cc3)cc2)c2ccccc12. The number of fused-ring (bicyclic) bond motifs is 2. The molecule has 0 radical (unpaired) electrons. The summed E-state index contributed by atoms with van der Waals surface area (Å²) in [4.78, 5) is 4.85. The van der Waals surface area contributed by atoms with E-state index in [0.717, 1.165) is 72.6 Å². The second-order valence-electron chi connectivity index (χ2n) is 28.2. The van der Waals surface area contributed by atoms with Crippen LogP contribution in [0, 0.1) is 0 Å². The normalized spacial score (nSPS) is 11.8. The van der Waals surface area contributed by atoms with Crippen LogP contribution in [-0.4, -0.2) is 0 Å². The number of rotatable bonds is 29. The lowest BCUT2D eigenvalue weighted by molar-refractivity contribution is 0.506. The zero-order chi connectivity index (χ0) is 66.4. The maximum atomic E-state index is 2.61. The number of unbranched alkanes of at least 4 members (excludes halogenated alkanes) is 10. The first-order valence-electron chi connectivity index (χ1n) is 36.4. The third-order valence-electron chi connectivity index (χ3n) is 21.0. The number of hydrogen-bond donors (Lipinski definition) is 0. The Kier molecular flexibility index (Phi) is 21.6. The second kappa shape index (κ2) is 31.1. The van der Waals surface area contributed by atoms with E-state index in [9.17, 15) is 0 Å². The van der Waals surface area contributed by atoms with Crippen molar-refractivity contribution in [3.8, 4) is 55.6 Å². The van der Waals surface area contributed by atoms with Crippen molar-refractivity contribution in [2.45, 2.75) is 169 Å². The van der Waals surface area contributed by atoms with Crippen molar-refractivity contribution in [3.63, 3.8) is 0 Å². The molecule has 96 heavy (non-hydrogen) atoms. The summed E-state index contributed by atoms with van der Waals surface area (Å²) in [5.41, 5.74) is 25.4. The number of aryl methyl sites for hydroxylation is 2. The van der Waals surface area contributed by atoms with Gasteiger partial charge in [0, 0.05) is 34.1 Å². The number of hydrogen-bond acceptors (Lipinski definition) is 2. The van der Waals surface area contributed by atoms with E-state index in [1.54, 1.807) is 0 Å². The molecule has 0 heterocycles. The van der Waals surface area contributed by atoms with E-state index in [0.29, 0.717) is 0 Å². The number of benzene rings is 12. The Morgan fingerprint density at radius 1 is 0.250 bits per heavy atom. The van der Waals surface area contributed by atoms with Crippen LogP contribution in [0.1, 0.15) is 168 Å². The van der Waals surface area contributed by atoms with E-state index in [4.69, 9.17) is 0 Å². The Morgan fingerprint density at radius 2 is 0.510 bits per heavy atom. The van der Waals surface area contributed by atoms with Crippen molar-refractivity contribution in [2.75, 3.05) is 9.80 Å². The van der Waals surface area contributed by atoms with Crippen molar-refractivity contribution in [3.05, 3.63) is 289 Å². The maximum absolute atomic E-state index is 2.61. The third-order valence-corrected chi connectivity index (χ3v) is 21.0. The van der Waals surface area contributed by atoms with Crippen molar-refractivity contribution in [2.24, 2.45) is 0 Å². The van der Waals surface area contributed by atoms with Crippen LogP contribution in [0.4, 0.5) is 34.1 Å². The molecule has 0 aliphatic rings. The predicted molar refractivity (Wildman–Crippen MR) is 419 cm³/mol. The first kappa shape index (κ1) is 66.8. The Labute approximate surface area is 575 Å². The molecule has 0 fully saturated rings. The molecule has 0 unspecified atom stereocenters. The molecule has 0 atom stereocenters. The van der Waals surface area contributed by atoms with Gasteiger partial charge in [-0.2, -0.15) is 0 Å². The van der Waals surface area contributed by atoms with Gasteiger partial charge in [0.1, 0.15) is 0 Å². The molecular weight excluding hydrogens is 1160 g/mol. The molecule has 2 nitrogen and oxygen atoms in total. The Hall–Kier alpha value is -9.24. The van der Waals surface area contributed by atoms with E-state index in [1.807, 2.05) is 0 Å². The van der Waals surface area contributed by atoms with E-state index in [2.05, 4.69) is 332 Å². The summed E-state index contributed by atoms with van der Waals surface area (Å²) in [5.74, 6) is 0. The lowest BCUT2D eigenvalue weighted by Gasteiger charge is -2.28. The van der Waals surface area contributed by atoms with Gasteiger partial charge in [0.2, 0.25) is 0 Å². The highest BCUT2D eigenvalue weighted by Crippen LogP contribution is 2.48. The van der Waals surface area contributed by atoms with Gasteiger partial charge in [-0.25, -0.2) is 0 Å². The molecule has 0 spiro atoms. The molecule has 0 aromatic heterocycles. The topological polar surface area (TPSA) is 6.48 Å². The minimum Gasteiger partial charge on any atom is -0.311 e. The Bertz CT molecular complexity index is 4150. The second-order valence-corrected chi connectivity index (χ2v) is 28.2. The minimum atomic E-state index is 0.0936. The lowest BCUT2D eigenvalue weighted by atomic mass is 9.80. The average Bonchev–Trinajstić information content (AvgIpc) is 0.733. The molecule has 0 aliphatic carbocycles. The van der Waals surface area contributed by atoms with Crippen LogP contribution in [0.25, 0.3) is 77.2 Å². The average molecular weight is 1260 g/mol. The highest BCUT2D eigenvalue weighted by molar-refractivity contribution is 6.14. The highest BCUT2D eigenvalue weighted by Gasteiger charge is 2.25. The van der Waals surface area contributed by atoms with Gasteiger partial charge >= 0.3 is 0 Å². The smallest absolute Gasteiger partial charge is 0.0462 e. The van der Waals surface area contributed by atoms with Gasteiger partial charge in [0.05, 0.1) is 0 Å². The summed E-state index contributed by atoms with van der Waals surface area (Å²) in [5, 5.41) is 5.27. The fourth-order valence-corrected chi connectivity index (χ4v) is 14.4. The standard InChI is InChI=1S/C94H100N2/c1-9-13-15-17-19-23-37-75-67-89(73-47-59-81(60-48-73)95(83-63-51-77(52-64-83)93(5,6)11-3)79-55-43-71(44-56-79)69-33-25-21-26-34-69)85-39-29-31-41-87(85)91(75)92-76(38-24-20-18-16-14-10-2)68-90(86-40-30-32-42-88(86)92)74-49-61-82(62-50-74)96(84-65-53-78(54-66-84)94(7,8)12-4)80-57-45-72(46-58-80)70-35-27-22-28-36-70/h21-22,25-36,39-68H,9-20,23-24,37-38H2,1-8H3. The fourth-order valence-electron chi connectivity index (χ4n) is 14.4. The van der Waals surface area contributed by atoms with Crippen LogP contribution >= 0.6 is 0 Å². The molecule has 0 aliphatic heterocycles. The molecule has 0 bridgehead atoms. The zero-order valence-electron chi connectivity index (χ0n) is 58.6. The quantitative estimate of drug-likeness (QED) is 0.0431. The van der Waals surface area contributed by atoms with Crippen molar-refractivity contribution in [1.29, 1.82) is 0 Å². The van der Waals surface area contributed by atoms with Gasteiger partial charge in [-0.3, -0.25) is 0 Å². The maximum Gasteiger partial charge on any atom is 0.0462 e. The first-order valence-corrected chi connectivity index (χ1v) is 36.4. The molecule has 12 aromatic carbocycles. The molecule has 2 heteroatoms. The summed E-state index contributed by atoms with van der Waals surface area (Å²) < 4.78 is 0. The molecule has 0 amide bonds. The lowest BCUT2D eigenvalue weighted by Crippen LogP contribution is -2.16. The van der Waals surface area contributed by atoms with Gasteiger partial charge in [-0.15, -0.1) is 0 Å². The van der Waals surface area contributed by atoms with Crippen LogP contribution < -0.4 is 9.80 Å². The molecule has 12 rings (SSSR count). The highest BCUT2D eigenvalue weighted by atomic mass is 15.1. The van der Waals surface area contributed by atoms with Crippen molar-refractivity contribution < 1.29 is 0 Å². The van der Waals surface area contributed by atoms with Gasteiger partial charge < -0.3 is 9.80 Å². The van der Waals surface area contributed by atoms with Gasteiger partial charge in [-0.05, 0) is 234 Å². The van der Waals surface area contributed by atoms with Gasteiger partial charge in [-0.1, -0.05) is 302 Å². The van der Waals surface area contributed by atoms with Crippen molar-refractivity contribution in [1.82, 2.24) is 0 Å². The Morgan fingerprint density at radius 3 is 0.823 bits per heavy atom. The summed E-state index contributed by atoms with van der Waals surface area (Å²) in [6.07, 6.45) is 19.2. The van der Waals surface area contributed by atoms with Gasteiger partial charge in [0.15, 0.2) is 0 Å². The number of nitrogens with zero attached hydrogens (tertiary/aromatic N) is 2. The first-order chi connectivity index (χ1) is 47.0. The van der Waals surface area contributed by atoms with E-state index in [1.165, 1.54) is 164 Å². The summed E-state index contributed by atoms with van der Waals surface area (Å²) in [7, 11) is 0. The molecule has 12 aromatic rings. The Balaban J connectivity index is 0.970. The summed E-state index contributed by atoms with van der Waals surface area (Å²) >= 11 is 0. The zero-order valence-corrected chi connectivity index (χ0v) is 58.6. The van der Waals surface area contributed by atoms with Crippen LogP contribution in [-0.2, 0) is 23.7 Å². The van der Waals surface area contributed by atoms with E-state index >= 15 is 0 Å². The van der Waals surface area contributed by atoms with E-state index in [-0.39, 0.29) is 10.8 Å². The molecule has 486 valence electrons. The largest absolute Gasteiger partial charge is 0.311 e. The third kappa shape index (κ3) is 15.1. The fraction of sp³-hybridized carbons (Fsp3) is 0.277. The number of anilines is 6. The summed E-state index contributed by atoms with van der Waals surface area (Å²) in [6.45, 7) is 18.6. The van der Waals surface area contributed by atoms with Crippen LogP contribution in [0.15, 0.2) is 267 Å². The molecular formula is C94H100N2. The monoisotopic (exact) mass is 1260 g/mol. The van der Waals surface area contributed by atoms with Crippen LogP contribution in [0.3, 0.4) is 0 Å². The van der Waals surface area contributed by atoms with E-state index < -0.39 is 0 Å². The molecule has 0 saturated heterocycles. The van der Waals surface area contributed by atoms with Gasteiger partial charge in [0.25, 0.3) is 0 Å². The van der Waals surface area contributed by atoms with Crippen LogP contribution in [0.5, 0.6) is 0 Å². The minimum absolute atomic E-state index is 0.0936.